The number of aromatic nitrogens is 2. The maximum atomic E-state index is 13.2. The number of urea groups is 1. The van der Waals surface area contributed by atoms with Gasteiger partial charge in [-0.3, -0.25) is 9.69 Å². The Labute approximate surface area is 185 Å². The van der Waals surface area contributed by atoms with E-state index in [9.17, 15) is 9.59 Å². The number of hydrogen-bond acceptors (Lipinski definition) is 5. The van der Waals surface area contributed by atoms with Gasteiger partial charge in [-0.1, -0.05) is 73.9 Å². The summed E-state index contributed by atoms with van der Waals surface area (Å²) in [6, 6.07) is 14.3. The van der Waals surface area contributed by atoms with E-state index in [4.69, 9.17) is 16.1 Å². The number of carbonyl (C=O) groups is 2. The number of nitrogens with one attached hydrogen (secondary N) is 1. The highest BCUT2D eigenvalue weighted by molar-refractivity contribution is 6.30. The molecule has 3 aromatic rings. The Morgan fingerprint density at radius 2 is 1.84 bits per heavy atom. The van der Waals surface area contributed by atoms with E-state index < -0.39 is 11.6 Å². The van der Waals surface area contributed by atoms with Crippen LogP contribution in [-0.2, 0) is 22.3 Å². The van der Waals surface area contributed by atoms with Gasteiger partial charge in [0.2, 0.25) is 11.7 Å². The molecule has 160 valence electrons. The van der Waals surface area contributed by atoms with Gasteiger partial charge in [-0.2, -0.15) is 4.98 Å². The van der Waals surface area contributed by atoms with Gasteiger partial charge in [0.1, 0.15) is 12.1 Å². The molecule has 0 radical (unpaired) electrons. The van der Waals surface area contributed by atoms with Crippen molar-refractivity contribution in [2.24, 2.45) is 0 Å². The summed E-state index contributed by atoms with van der Waals surface area (Å²) in [5.41, 5.74) is 1.37. The summed E-state index contributed by atoms with van der Waals surface area (Å²) in [4.78, 5) is 31.2. The fourth-order valence-corrected chi connectivity index (χ4v) is 3.73. The number of imide groups is 1. The molecule has 2 aromatic carbocycles. The predicted molar refractivity (Wildman–Crippen MR) is 116 cm³/mol. The highest BCUT2D eigenvalue weighted by Gasteiger charge is 2.49. The summed E-state index contributed by atoms with van der Waals surface area (Å²) in [5.74, 6) is 0.124. The van der Waals surface area contributed by atoms with Gasteiger partial charge in [0.05, 0.1) is 0 Å². The fraction of sp³-hybridized carbons (Fsp3) is 0.304. The lowest BCUT2D eigenvalue weighted by molar-refractivity contribution is -0.131. The lowest BCUT2D eigenvalue weighted by Gasteiger charge is -2.24. The van der Waals surface area contributed by atoms with Gasteiger partial charge in [-0.25, -0.2) is 4.79 Å². The van der Waals surface area contributed by atoms with E-state index in [0.717, 1.165) is 10.5 Å². The van der Waals surface area contributed by atoms with Crippen molar-refractivity contribution in [1.82, 2.24) is 20.4 Å². The molecule has 0 spiro atoms. The Bertz CT molecular complexity index is 1150. The van der Waals surface area contributed by atoms with Crippen LogP contribution in [0.1, 0.15) is 44.7 Å². The molecule has 3 amide bonds. The molecule has 7 nitrogen and oxygen atoms in total. The van der Waals surface area contributed by atoms with Crippen LogP contribution in [0.3, 0.4) is 0 Å². The van der Waals surface area contributed by atoms with E-state index in [0.29, 0.717) is 22.0 Å². The van der Waals surface area contributed by atoms with Crippen molar-refractivity contribution in [3.63, 3.8) is 0 Å². The predicted octanol–water partition coefficient (Wildman–Crippen LogP) is 4.65. The molecular weight excluding hydrogens is 416 g/mol. The average molecular weight is 439 g/mol. The third-order valence-electron chi connectivity index (χ3n) is 5.45. The SMILES string of the molecule is CC(C)(C)c1ccc([C@@]2(C)NC(=O)N(Cc3nc(-c4cccc(Cl)c4)no3)C2=O)cc1. The largest absolute Gasteiger partial charge is 0.337 e. The normalized spacial score (nSPS) is 19.1. The zero-order valence-corrected chi connectivity index (χ0v) is 18.5. The molecule has 1 saturated heterocycles. The number of hydrogen-bond donors (Lipinski definition) is 1. The maximum Gasteiger partial charge on any atom is 0.325 e. The quantitative estimate of drug-likeness (QED) is 0.599. The molecule has 4 rings (SSSR count). The van der Waals surface area contributed by atoms with Crippen LogP contribution in [-0.4, -0.2) is 27.0 Å². The molecule has 31 heavy (non-hydrogen) atoms. The van der Waals surface area contributed by atoms with Crippen LogP contribution in [0, 0.1) is 0 Å². The van der Waals surface area contributed by atoms with Crippen LogP contribution in [0.5, 0.6) is 0 Å². The van der Waals surface area contributed by atoms with Gasteiger partial charge in [0.25, 0.3) is 5.91 Å². The second kappa shape index (κ2) is 7.50. The van der Waals surface area contributed by atoms with Crippen LogP contribution in [0.2, 0.25) is 5.02 Å². The van der Waals surface area contributed by atoms with Gasteiger partial charge < -0.3 is 9.84 Å². The second-order valence-corrected chi connectivity index (χ2v) is 9.23. The van der Waals surface area contributed by atoms with Crippen molar-refractivity contribution in [3.05, 3.63) is 70.6 Å². The first-order valence-corrected chi connectivity index (χ1v) is 10.3. The van der Waals surface area contributed by atoms with Crippen molar-refractivity contribution >= 4 is 23.5 Å². The van der Waals surface area contributed by atoms with E-state index in [1.165, 1.54) is 0 Å². The van der Waals surface area contributed by atoms with Crippen LogP contribution < -0.4 is 5.32 Å². The first kappa shape index (κ1) is 21.1. The fourth-order valence-electron chi connectivity index (χ4n) is 3.54. The Morgan fingerprint density at radius 1 is 1.13 bits per heavy atom. The summed E-state index contributed by atoms with van der Waals surface area (Å²) in [5, 5.41) is 7.28. The highest BCUT2D eigenvalue weighted by atomic mass is 35.5. The third kappa shape index (κ3) is 3.93. The minimum absolute atomic E-state index is 0.00690. The molecular formula is C23H23ClN4O3. The van der Waals surface area contributed by atoms with E-state index >= 15 is 0 Å². The third-order valence-corrected chi connectivity index (χ3v) is 5.68. The Morgan fingerprint density at radius 3 is 2.48 bits per heavy atom. The molecule has 1 aliphatic heterocycles. The Kier molecular flexibility index (Phi) is 5.09. The lowest BCUT2D eigenvalue weighted by Crippen LogP contribution is -2.40. The lowest BCUT2D eigenvalue weighted by atomic mass is 9.84. The van der Waals surface area contributed by atoms with Crippen molar-refractivity contribution in [2.75, 3.05) is 0 Å². The molecule has 2 heterocycles. The molecule has 0 bridgehead atoms. The summed E-state index contributed by atoms with van der Waals surface area (Å²) in [6.07, 6.45) is 0. The number of benzene rings is 2. The first-order valence-electron chi connectivity index (χ1n) is 9.91. The molecule has 1 aliphatic rings. The summed E-state index contributed by atoms with van der Waals surface area (Å²) < 4.78 is 5.27. The van der Waals surface area contributed by atoms with Gasteiger partial charge in [0, 0.05) is 10.6 Å². The molecule has 1 aromatic heterocycles. The zero-order chi connectivity index (χ0) is 22.4. The number of halogens is 1. The van der Waals surface area contributed by atoms with Crippen LogP contribution >= 0.6 is 11.6 Å². The van der Waals surface area contributed by atoms with Gasteiger partial charge in [0.15, 0.2) is 0 Å². The highest BCUT2D eigenvalue weighted by Crippen LogP contribution is 2.32. The van der Waals surface area contributed by atoms with E-state index in [-0.39, 0.29) is 23.8 Å². The molecule has 0 saturated carbocycles. The molecule has 1 atom stereocenters. The summed E-state index contributed by atoms with van der Waals surface area (Å²) >= 11 is 6.01. The summed E-state index contributed by atoms with van der Waals surface area (Å²) in [7, 11) is 0. The second-order valence-electron chi connectivity index (χ2n) is 8.80. The van der Waals surface area contributed by atoms with Crippen molar-refractivity contribution in [2.45, 2.75) is 45.2 Å². The average Bonchev–Trinajstić information content (AvgIpc) is 3.27. The first-order chi connectivity index (χ1) is 14.6. The van der Waals surface area contributed by atoms with Crippen LogP contribution in [0.15, 0.2) is 53.1 Å². The minimum Gasteiger partial charge on any atom is -0.337 e. The standard InChI is InChI=1S/C23H23ClN4O3/c1-22(2,3)15-8-10-16(11-9-15)23(4)20(29)28(21(30)26-23)13-18-25-19(27-31-18)14-6-5-7-17(24)12-14/h5-12H,13H2,1-4H3,(H,26,30)/t23-/m1/s1. The van der Waals surface area contributed by atoms with E-state index in [1.54, 1.807) is 31.2 Å². The van der Waals surface area contributed by atoms with Crippen molar-refractivity contribution < 1.29 is 14.1 Å². The summed E-state index contributed by atoms with van der Waals surface area (Å²) in [6.45, 7) is 7.94. The molecule has 1 N–H and O–H groups in total. The number of amides is 3. The Balaban J connectivity index is 1.55. The smallest absolute Gasteiger partial charge is 0.325 e. The number of rotatable bonds is 4. The van der Waals surface area contributed by atoms with Gasteiger partial charge >= 0.3 is 6.03 Å². The number of carbonyl (C=O) groups excluding carboxylic acids is 2. The van der Waals surface area contributed by atoms with Crippen molar-refractivity contribution in [3.8, 4) is 11.4 Å². The Hall–Kier alpha value is -3.19. The molecule has 8 heteroatoms. The molecule has 0 unspecified atom stereocenters. The van der Waals surface area contributed by atoms with Crippen molar-refractivity contribution in [1.29, 1.82) is 0 Å². The molecule has 1 fully saturated rings. The van der Waals surface area contributed by atoms with Crippen LogP contribution in [0.25, 0.3) is 11.4 Å². The zero-order valence-electron chi connectivity index (χ0n) is 17.8. The van der Waals surface area contributed by atoms with E-state index in [1.807, 2.05) is 24.3 Å². The topological polar surface area (TPSA) is 88.3 Å². The maximum absolute atomic E-state index is 13.2. The monoisotopic (exact) mass is 438 g/mol. The van der Waals surface area contributed by atoms with Gasteiger partial charge in [-0.05, 0) is 35.6 Å². The number of nitrogens with zero attached hydrogens (tertiary/aromatic N) is 3. The molecule has 0 aliphatic carbocycles. The minimum atomic E-state index is -1.16. The van der Waals surface area contributed by atoms with Gasteiger partial charge in [-0.15, -0.1) is 0 Å². The van der Waals surface area contributed by atoms with E-state index in [2.05, 4.69) is 36.2 Å². The van der Waals surface area contributed by atoms with Crippen LogP contribution in [0.4, 0.5) is 4.79 Å².